The van der Waals surface area contributed by atoms with Gasteiger partial charge in [0.2, 0.25) is 10.0 Å². The maximum atomic E-state index is 12.1. The predicted octanol–water partition coefficient (Wildman–Crippen LogP) is 2.06. The lowest BCUT2D eigenvalue weighted by molar-refractivity contribution is 0.383. The molecule has 0 saturated heterocycles. The van der Waals surface area contributed by atoms with Gasteiger partial charge >= 0.3 is 0 Å². The van der Waals surface area contributed by atoms with Gasteiger partial charge in [0.05, 0.1) is 4.90 Å². The summed E-state index contributed by atoms with van der Waals surface area (Å²) < 4.78 is 27.0. The van der Waals surface area contributed by atoms with Crippen molar-refractivity contribution in [3.8, 4) is 0 Å². The van der Waals surface area contributed by atoms with Crippen LogP contribution in [0.4, 0.5) is 0 Å². The Kier molecular flexibility index (Phi) is 5.57. The van der Waals surface area contributed by atoms with Gasteiger partial charge in [0.25, 0.3) is 0 Å². The van der Waals surface area contributed by atoms with Gasteiger partial charge in [-0.2, -0.15) is 0 Å². The summed E-state index contributed by atoms with van der Waals surface area (Å²) in [4.78, 5) is 0.370. The van der Waals surface area contributed by atoms with Crippen molar-refractivity contribution in [3.63, 3.8) is 0 Å². The minimum absolute atomic E-state index is 0.137. The molecule has 4 nitrogen and oxygen atoms in total. The van der Waals surface area contributed by atoms with E-state index in [1.54, 1.807) is 12.1 Å². The summed E-state index contributed by atoms with van der Waals surface area (Å²) in [7, 11) is -3.33. The monoisotopic (exact) mass is 296 g/mol. The number of hydrogen-bond donors (Lipinski definition) is 2. The van der Waals surface area contributed by atoms with Crippen LogP contribution in [-0.4, -0.2) is 27.5 Å². The number of nitrogens with one attached hydrogen (secondary N) is 2. The quantitative estimate of drug-likeness (QED) is 0.722. The normalized spacial score (nSPS) is 16.1. The van der Waals surface area contributed by atoms with Crippen molar-refractivity contribution in [3.05, 3.63) is 29.8 Å². The van der Waals surface area contributed by atoms with E-state index in [2.05, 4.69) is 17.0 Å². The molecular weight excluding hydrogens is 272 g/mol. The average Bonchev–Trinajstić information content (AvgIpc) is 2.40. The minimum Gasteiger partial charge on any atom is -0.316 e. The lowest BCUT2D eigenvalue weighted by Gasteiger charge is -2.26. The van der Waals surface area contributed by atoms with Crippen molar-refractivity contribution in [2.45, 2.75) is 50.0 Å². The first-order valence-electron chi connectivity index (χ1n) is 7.44. The summed E-state index contributed by atoms with van der Waals surface area (Å²) in [5.41, 5.74) is 1.16. The molecule has 1 aromatic rings. The summed E-state index contributed by atoms with van der Waals surface area (Å²) in [5, 5.41) is 3.34. The molecule has 112 valence electrons. The van der Waals surface area contributed by atoms with Crippen molar-refractivity contribution < 1.29 is 8.42 Å². The minimum atomic E-state index is -3.33. The summed E-state index contributed by atoms with van der Waals surface area (Å²) in [5.74, 6) is 0. The van der Waals surface area contributed by atoms with Crippen LogP contribution in [-0.2, 0) is 16.4 Å². The van der Waals surface area contributed by atoms with Crippen LogP contribution in [0.2, 0.25) is 0 Å². The molecule has 2 N–H and O–H groups in total. The third-order valence-corrected chi connectivity index (χ3v) is 5.21. The largest absolute Gasteiger partial charge is 0.316 e. The number of benzene rings is 1. The van der Waals surface area contributed by atoms with E-state index in [9.17, 15) is 8.42 Å². The smallest absolute Gasteiger partial charge is 0.240 e. The summed E-state index contributed by atoms with van der Waals surface area (Å²) in [6, 6.07) is 7.36. The molecule has 0 bridgehead atoms. The van der Waals surface area contributed by atoms with Gasteiger partial charge in [-0.25, -0.2) is 13.1 Å². The second-order valence-electron chi connectivity index (χ2n) is 5.39. The van der Waals surface area contributed by atoms with Crippen LogP contribution >= 0.6 is 0 Å². The molecular formula is C15H24N2O2S. The van der Waals surface area contributed by atoms with Crippen LogP contribution in [0.5, 0.6) is 0 Å². The fraction of sp³-hybridized carbons (Fsp3) is 0.600. The molecule has 20 heavy (non-hydrogen) atoms. The fourth-order valence-electron chi connectivity index (χ4n) is 2.18. The highest BCUT2D eigenvalue weighted by molar-refractivity contribution is 7.89. The Morgan fingerprint density at radius 1 is 1.15 bits per heavy atom. The van der Waals surface area contributed by atoms with Gasteiger partial charge in [0, 0.05) is 6.04 Å². The molecule has 0 unspecified atom stereocenters. The van der Waals surface area contributed by atoms with Crippen molar-refractivity contribution in [1.82, 2.24) is 10.0 Å². The molecule has 0 aliphatic heterocycles. The molecule has 0 atom stereocenters. The zero-order valence-electron chi connectivity index (χ0n) is 12.1. The summed E-state index contributed by atoms with van der Waals surface area (Å²) in [6.45, 7) is 4.10. The average molecular weight is 296 g/mol. The molecule has 1 fully saturated rings. The van der Waals surface area contributed by atoms with Gasteiger partial charge in [0.15, 0.2) is 0 Å². The van der Waals surface area contributed by atoms with E-state index < -0.39 is 10.0 Å². The Morgan fingerprint density at radius 3 is 2.40 bits per heavy atom. The van der Waals surface area contributed by atoms with Crippen molar-refractivity contribution >= 4 is 10.0 Å². The van der Waals surface area contributed by atoms with Crippen LogP contribution in [0.15, 0.2) is 29.2 Å². The van der Waals surface area contributed by atoms with Gasteiger partial charge < -0.3 is 5.32 Å². The molecule has 0 aromatic heterocycles. The first-order chi connectivity index (χ1) is 9.62. The van der Waals surface area contributed by atoms with Crippen LogP contribution in [0.3, 0.4) is 0 Å². The SMILES string of the molecule is CCCNCCc1ccc(S(=O)(=O)NC2CCC2)cc1. The van der Waals surface area contributed by atoms with E-state index in [0.29, 0.717) is 4.90 Å². The first-order valence-corrected chi connectivity index (χ1v) is 8.92. The van der Waals surface area contributed by atoms with E-state index in [0.717, 1.165) is 50.8 Å². The van der Waals surface area contributed by atoms with E-state index >= 15 is 0 Å². The first kappa shape index (κ1) is 15.5. The Morgan fingerprint density at radius 2 is 1.85 bits per heavy atom. The molecule has 5 heteroatoms. The predicted molar refractivity (Wildman–Crippen MR) is 81.3 cm³/mol. The molecule has 0 spiro atoms. The zero-order chi connectivity index (χ0) is 14.4. The lowest BCUT2D eigenvalue weighted by Crippen LogP contribution is -2.39. The lowest BCUT2D eigenvalue weighted by atomic mass is 9.94. The third kappa shape index (κ3) is 4.30. The number of rotatable bonds is 8. The van der Waals surface area contributed by atoms with Gasteiger partial charge in [-0.3, -0.25) is 0 Å². The molecule has 1 aliphatic rings. The molecule has 1 aliphatic carbocycles. The van der Waals surface area contributed by atoms with Crippen LogP contribution in [0, 0.1) is 0 Å². The highest BCUT2D eigenvalue weighted by Gasteiger charge is 2.24. The Bertz CT molecular complexity index is 507. The molecule has 2 rings (SSSR count). The Hall–Kier alpha value is -0.910. The van der Waals surface area contributed by atoms with E-state index in [-0.39, 0.29) is 6.04 Å². The maximum absolute atomic E-state index is 12.1. The van der Waals surface area contributed by atoms with Crippen molar-refractivity contribution in [1.29, 1.82) is 0 Å². The van der Waals surface area contributed by atoms with E-state index in [1.807, 2.05) is 12.1 Å². The van der Waals surface area contributed by atoms with Gasteiger partial charge in [-0.1, -0.05) is 25.5 Å². The molecule has 0 amide bonds. The highest BCUT2D eigenvalue weighted by Crippen LogP contribution is 2.21. The van der Waals surface area contributed by atoms with Crippen LogP contribution in [0.1, 0.15) is 38.2 Å². The van der Waals surface area contributed by atoms with Gasteiger partial charge in [-0.15, -0.1) is 0 Å². The topological polar surface area (TPSA) is 58.2 Å². The summed E-state index contributed by atoms with van der Waals surface area (Å²) >= 11 is 0. The van der Waals surface area contributed by atoms with E-state index in [1.165, 1.54) is 0 Å². The fourth-order valence-corrected chi connectivity index (χ4v) is 3.49. The van der Waals surface area contributed by atoms with Crippen LogP contribution in [0.25, 0.3) is 0 Å². The zero-order valence-corrected chi connectivity index (χ0v) is 12.9. The molecule has 0 radical (unpaired) electrons. The molecule has 1 aromatic carbocycles. The standard InChI is InChI=1S/C15H24N2O2S/c1-2-11-16-12-10-13-6-8-15(9-7-13)20(18,19)17-14-4-3-5-14/h6-9,14,16-17H,2-5,10-12H2,1H3. The number of hydrogen-bond acceptors (Lipinski definition) is 3. The highest BCUT2D eigenvalue weighted by atomic mass is 32.2. The molecule has 1 saturated carbocycles. The van der Waals surface area contributed by atoms with Crippen molar-refractivity contribution in [2.75, 3.05) is 13.1 Å². The number of sulfonamides is 1. The molecule has 0 heterocycles. The van der Waals surface area contributed by atoms with E-state index in [4.69, 9.17) is 0 Å². The Labute approximate surface area is 122 Å². The second-order valence-corrected chi connectivity index (χ2v) is 7.11. The van der Waals surface area contributed by atoms with Crippen LogP contribution < -0.4 is 10.0 Å². The van der Waals surface area contributed by atoms with Gasteiger partial charge in [-0.05, 0) is 56.5 Å². The Balaban J connectivity index is 1.89. The summed E-state index contributed by atoms with van der Waals surface area (Å²) in [6.07, 6.45) is 5.10. The third-order valence-electron chi connectivity index (χ3n) is 3.68. The maximum Gasteiger partial charge on any atom is 0.240 e. The van der Waals surface area contributed by atoms with Gasteiger partial charge in [0.1, 0.15) is 0 Å². The second kappa shape index (κ2) is 7.20. The van der Waals surface area contributed by atoms with Crippen molar-refractivity contribution in [2.24, 2.45) is 0 Å².